The van der Waals surface area contributed by atoms with Crippen molar-refractivity contribution in [3.63, 3.8) is 0 Å². The number of β-amino-alcohol motifs (C(OH)–C–C–N with tert-alkyl or cyclic N) is 1. The van der Waals surface area contributed by atoms with Gasteiger partial charge in [0.25, 0.3) is 0 Å². The number of likely N-dealkylation sites (tertiary alicyclic amines) is 1. The maximum Gasteiger partial charge on any atom is 0.246 e. The number of carbonyl (C=O) groups is 1. The van der Waals surface area contributed by atoms with Crippen LogP contribution in [0.5, 0.6) is 0 Å². The van der Waals surface area contributed by atoms with Crippen LogP contribution < -0.4 is 0 Å². The first-order chi connectivity index (χ1) is 9.10. The third-order valence-electron chi connectivity index (χ3n) is 3.38. The molecule has 0 aromatic heterocycles. The molecule has 1 amide bonds. The molecule has 4 heteroatoms. The Balaban J connectivity index is 2.02. The molecule has 0 spiro atoms. The number of aliphatic hydroxyl groups is 2. The molecule has 4 nitrogen and oxygen atoms in total. The molecule has 2 atom stereocenters. The lowest BCUT2D eigenvalue weighted by Gasteiger charge is -2.20. The molecule has 0 bridgehead atoms. The SMILES string of the molecule is Cc1ccc(/C=C/C(=O)N2C[C@@H](O)C[C@H]2CO)cc1. The summed E-state index contributed by atoms with van der Waals surface area (Å²) in [6.45, 7) is 2.19. The number of amides is 1. The van der Waals surface area contributed by atoms with Crippen molar-refractivity contribution in [2.75, 3.05) is 13.2 Å². The Morgan fingerprint density at radius 3 is 2.74 bits per heavy atom. The molecule has 1 aromatic rings. The molecule has 1 heterocycles. The average Bonchev–Trinajstić information content (AvgIpc) is 2.79. The molecule has 1 fully saturated rings. The molecule has 0 aliphatic carbocycles. The lowest BCUT2D eigenvalue weighted by Crippen LogP contribution is -2.36. The van der Waals surface area contributed by atoms with Crippen LogP contribution in [0.1, 0.15) is 17.5 Å². The van der Waals surface area contributed by atoms with E-state index in [1.165, 1.54) is 16.5 Å². The monoisotopic (exact) mass is 261 g/mol. The molecular weight excluding hydrogens is 242 g/mol. The summed E-state index contributed by atoms with van der Waals surface area (Å²) in [5, 5.41) is 18.7. The van der Waals surface area contributed by atoms with Crippen LogP contribution in [0.3, 0.4) is 0 Å². The zero-order valence-electron chi connectivity index (χ0n) is 11.0. The second-order valence-corrected chi connectivity index (χ2v) is 4.96. The van der Waals surface area contributed by atoms with E-state index in [1.807, 2.05) is 31.2 Å². The summed E-state index contributed by atoms with van der Waals surface area (Å²) >= 11 is 0. The van der Waals surface area contributed by atoms with E-state index in [0.717, 1.165) is 5.56 Å². The van der Waals surface area contributed by atoms with Crippen LogP contribution in [0.2, 0.25) is 0 Å². The standard InChI is InChI=1S/C15H19NO3/c1-11-2-4-12(5-3-11)6-7-15(19)16-9-14(18)8-13(16)10-17/h2-7,13-14,17-18H,8-10H2,1H3/b7-6+/t13-,14-/m0/s1. The number of carbonyl (C=O) groups excluding carboxylic acids is 1. The van der Waals surface area contributed by atoms with Gasteiger partial charge in [-0.25, -0.2) is 0 Å². The fraction of sp³-hybridized carbons (Fsp3) is 0.400. The van der Waals surface area contributed by atoms with E-state index in [9.17, 15) is 15.0 Å². The molecule has 1 aromatic carbocycles. The summed E-state index contributed by atoms with van der Waals surface area (Å²) in [6, 6.07) is 7.59. The molecule has 2 rings (SSSR count). The van der Waals surface area contributed by atoms with Gasteiger partial charge in [-0.05, 0) is 25.0 Å². The smallest absolute Gasteiger partial charge is 0.246 e. The van der Waals surface area contributed by atoms with Crippen molar-refractivity contribution in [1.29, 1.82) is 0 Å². The molecular formula is C15H19NO3. The molecule has 1 aliphatic rings. The molecule has 2 N–H and O–H groups in total. The van der Waals surface area contributed by atoms with Crippen molar-refractivity contribution in [3.8, 4) is 0 Å². The summed E-state index contributed by atoms with van der Waals surface area (Å²) in [5.41, 5.74) is 2.13. The topological polar surface area (TPSA) is 60.8 Å². The van der Waals surface area contributed by atoms with E-state index in [1.54, 1.807) is 6.08 Å². The molecule has 102 valence electrons. The number of rotatable bonds is 3. The quantitative estimate of drug-likeness (QED) is 0.797. The minimum atomic E-state index is -0.533. The van der Waals surface area contributed by atoms with Crippen molar-refractivity contribution in [2.24, 2.45) is 0 Å². The number of hydrogen-bond acceptors (Lipinski definition) is 3. The number of nitrogens with zero attached hydrogens (tertiary/aromatic N) is 1. The fourth-order valence-electron chi connectivity index (χ4n) is 2.28. The van der Waals surface area contributed by atoms with Gasteiger partial charge in [0.2, 0.25) is 5.91 Å². The van der Waals surface area contributed by atoms with Gasteiger partial charge in [-0.2, -0.15) is 0 Å². The second kappa shape index (κ2) is 5.99. The number of hydrogen-bond donors (Lipinski definition) is 2. The zero-order chi connectivity index (χ0) is 13.8. The van der Waals surface area contributed by atoms with Crippen molar-refractivity contribution in [1.82, 2.24) is 4.90 Å². The first-order valence-corrected chi connectivity index (χ1v) is 6.44. The van der Waals surface area contributed by atoms with Crippen LogP contribution in [-0.2, 0) is 4.79 Å². The predicted molar refractivity (Wildman–Crippen MR) is 73.4 cm³/mol. The third kappa shape index (κ3) is 3.43. The predicted octanol–water partition coefficient (Wildman–Crippen LogP) is 0.962. The van der Waals surface area contributed by atoms with Gasteiger partial charge in [-0.3, -0.25) is 4.79 Å². The maximum atomic E-state index is 12.0. The van der Waals surface area contributed by atoms with Gasteiger partial charge in [0, 0.05) is 12.6 Å². The van der Waals surface area contributed by atoms with Crippen LogP contribution in [0.4, 0.5) is 0 Å². The maximum absolute atomic E-state index is 12.0. The van der Waals surface area contributed by atoms with E-state index in [2.05, 4.69) is 0 Å². The highest BCUT2D eigenvalue weighted by molar-refractivity contribution is 5.92. The molecule has 1 aliphatic heterocycles. The largest absolute Gasteiger partial charge is 0.394 e. The van der Waals surface area contributed by atoms with Crippen molar-refractivity contribution >= 4 is 12.0 Å². The van der Waals surface area contributed by atoms with Gasteiger partial charge in [0.1, 0.15) is 0 Å². The highest BCUT2D eigenvalue weighted by Gasteiger charge is 2.32. The van der Waals surface area contributed by atoms with Gasteiger partial charge in [0.05, 0.1) is 18.8 Å². The molecule has 19 heavy (non-hydrogen) atoms. The van der Waals surface area contributed by atoms with Gasteiger partial charge < -0.3 is 15.1 Å². The summed E-state index contributed by atoms with van der Waals surface area (Å²) in [4.78, 5) is 13.5. The van der Waals surface area contributed by atoms with Crippen LogP contribution in [0, 0.1) is 6.92 Å². The summed E-state index contributed by atoms with van der Waals surface area (Å²) in [6.07, 6.45) is 3.15. The van der Waals surface area contributed by atoms with Crippen molar-refractivity contribution in [2.45, 2.75) is 25.5 Å². The Morgan fingerprint density at radius 1 is 1.42 bits per heavy atom. The van der Waals surface area contributed by atoms with Gasteiger partial charge in [-0.1, -0.05) is 29.8 Å². The minimum absolute atomic E-state index is 0.110. The molecule has 0 saturated carbocycles. The van der Waals surface area contributed by atoms with E-state index in [-0.39, 0.29) is 18.6 Å². The highest BCUT2D eigenvalue weighted by Crippen LogP contribution is 2.18. The van der Waals surface area contributed by atoms with Crippen molar-refractivity contribution in [3.05, 3.63) is 41.5 Å². The van der Waals surface area contributed by atoms with Crippen molar-refractivity contribution < 1.29 is 15.0 Å². The van der Waals surface area contributed by atoms with Gasteiger partial charge in [-0.15, -0.1) is 0 Å². The molecule has 1 saturated heterocycles. The van der Waals surface area contributed by atoms with E-state index < -0.39 is 6.10 Å². The fourth-order valence-corrected chi connectivity index (χ4v) is 2.28. The van der Waals surface area contributed by atoms with Crippen LogP contribution in [0.15, 0.2) is 30.3 Å². The Bertz CT molecular complexity index is 467. The van der Waals surface area contributed by atoms with Crippen LogP contribution in [0.25, 0.3) is 6.08 Å². The average molecular weight is 261 g/mol. The van der Waals surface area contributed by atoms with Gasteiger partial charge in [0.15, 0.2) is 0 Å². The Kier molecular flexibility index (Phi) is 4.35. The first-order valence-electron chi connectivity index (χ1n) is 6.44. The lowest BCUT2D eigenvalue weighted by atomic mass is 10.1. The van der Waals surface area contributed by atoms with E-state index in [4.69, 9.17) is 0 Å². The normalized spacial score (nSPS) is 23.2. The van der Waals surface area contributed by atoms with Crippen LogP contribution in [-0.4, -0.2) is 46.3 Å². The zero-order valence-corrected chi connectivity index (χ0v) is 11.0. The lowest BCUT2D eigenvalue weighted by molar-refractivity contribution is -0.127. The summed E-state index contributed by atoms with van der Waals surface area (Å²) in [7, 11) is 0. The summed E-state index contributed by atoms with van der Waals surface area (Å²) in [5.74, 6) is -0.170. The Labute approximate surface area is 113 Å². The number of benzene rings is 1. The number of aryl methyl sites for hydroxylation is 1. The highest BCUT2D eigenvalue weighted by atomic mass is 16.3. The minimum Gasteiger partial charge on any atom is -0.394 e. The second-order valence-electron chi connectivity index (χ2n) is 4.96. The Hall–Kier alpha value is -1.65. The van der Waals surface area contributed by atoms with Gasteiger partial charge >= 0.3 is 0 Å². The third-order valence-corrected chi connectivity index (χ3v) is 3.38. The first kappa shape index (κ1) is 13.8. The summed E-state index contributed by atoms with van der Waals surface area (Å²) < 4.78 is 0. The van der Waals surface area contributed by atoms with Crippen LogP contribution >= 0.6 is 0 Å². The number of aliphatic hydroxyl groups excluding tert-OH is 2. The molecule has 0 unspecified atom stereocenters. The molecule has 0 radical (unpaired) electrons. The Morgan fingerprint density at radius 2 is 2.11 bits per heavy atom. The van der Waals surface area contributed by atoms with E-state index in [0.29, 0.717) is 13.0 Å². The van der Waals surface area contributed by atoms with E-state index >= 15 is 0 Å².